The summed E-state index contributed by atoms with van der Waals surface area (Å²) in [6.07, 6.45) is 5.93. The molecule has 230 valence electrons. The van der Waals surface area contributed by atoms with Gasteiger partial charge in [0.05, 0.1) is 19.1 Å². The fraction of sp³-hybridized carbons (Fsp3) is 0.394. The van der Waals surface area contributed by atoms with E-state index in [1.165, 1.54) is 11.4 Å². The topological polar surface area (TPSA) is 96.0 Å². The zero-order chi connectivity index (χ0) is 30.8. The maximum Gasteiger partial charge on any atom is 0.243 e. The monoisotopic (exact) mass is 669 g/mol. The largest absolute Gasteiger partial charge is 0.497 e. The maximum absolute atomic E-state index is 14.0. The summed E-state index contributed by atoms with van der Waals surface area (Å²) in [6.45, 7) is 0.370. The lowest BCUT2D eigenvalue weighted by Gasteiger charge is -2.33. The molecule has 1 atom stereocenters. The van der Waals surface area contributed by atoms with E-state index in [9.17, 15) is 18.0 Å². The summed E-state index contributed by atoms with van der Waals surface area (Å²) in [5, 5.41) is 3.22. The standard InChI is InChI=1S/C33H40BrN3O5S/c1-42-30-15-8-14-29(23-30)37(43(2,40)41)21-9-16-32(38)36(24-26-17-19-27(34)20-18-26)31(22-25-10-4-3-5-11-25)33(39)35-28-12-6-7-13-28/h3-5,8,10-11,14-15,17-20,23,28,31H,6-7,9,12-13,16,21-22,24H2,1-2H3,(H,35,39). The number of benzene rings is 3. The van der Waals surface area contributed by atoms with Crippen LogP contribution in [0.15, 0.2) is 83.3 Å². The minimum absolute atomic E-state index is 0.0779. The van der Waals surface area contributed by atoms with Gasteiger partial charge in [0.15, 0.2) is 0 Å². The number of carbonyl (C=O) groups is 2. The number of methoxy groups -OCH3 is 1. The van der Waals surface area contributed by atoms with Crippen molar-refractivity contribution in [2.45, 2.75) is 63.6 Å². The van der Waals surface area contributed by atoms with Crippen LogP contribution in [0.25, 0.3) is 0 Å². The molecular formula is C33H40BrN3O5S. The Morgan fingerprint density at radius 3 is 2.33 bits per heavy atom. The van der Waals surface area contributed by atoms with E-state index >= 15 is 0 Å². The molecule has 0 aromatic heterocycles. The fourth-order valence-corrected chi connectivity index (χ4v) is 6.70. The van der Waals surface area contributed by atoms with Gasteiger partial charge in [0.2, 0.25) is 21.8 Å². The van der Waals surface area contributed by atoms with Gasteiger partial charge in [-0.3, -0.25) is 13.9 Å². The first-order valence-corrected chi connectivity index (χ1v) is 17.3. The van der Waals surface area contributed by atoms with Crippen molar-refractivity contribution in [1.29, 1.82) is 0 Å². The van der Waals surface area contributed by atoms with E-state index in [2.05, 4.69) is 21.2 Å². The van der Waals surface area contributed by atoms with E-state index in [1.54, 1.807) is 29.2 Å². The molecule has 3 aromatic rings. The van der Waals surface area contributed by atoms with Crippen LogP contribution in [0.4, 0.5) is 5.69 Å². The van der Waals surface area contributed by atoms with Gasteiger partial charge in [0.1, 0.15) is 11.8 Å². The number of sulfonamides is 1. The number of hydrogen-bond acceptors (Lipinski definition) is 5. The molecule has 8 nitrogen and oxygen atoms in total. The highest BCUT2D eigenvalue weighted by Crippen LogP contribution is 2.25. The first-order valence-electron chi connectivity index (χ1n) is 14.6. The number of rotatable bonds is 14. The summed E-state index contributed by atoms with van der Waals surface area (Å²) < 4.78 is 32.9. The van der Waals surface area contributed by atoms with Crippen LogP contribution >= 0.6 is 15.9 Å². The summed E-state index contributed by atoms with van der Waals surface area (Å²) in [5.41, 5.74) is 2.33. The van der Waals surface area contributed by atoms with Gasteiger partial charge < -0.3 is 15.0 Å². The first kappa shape index (κ1) is 32.5. The third-order valence-electron chi connectivity index (χ3n) is 7.73. The van der Waals surface area contributed by atoms with Gasteiger partial charge in [-0.2, -0.15) is 0 Å². The zero-order valence-corrected chi connectivity index (χ0v) is 27.1. The molecule has 10 heteroatoms. The van der Waals surface area contributed by atoms with Crippen LogP contribution < -0.4 is 14.4 Å². The predicted molar refractivity (Wildman–Crippen MR) is 173 cm³/mol. The SMILES string of the molecule is COc1cccc(N(CCCC(=O)N(Cc2ccc(Br)cc2)C(Cc2ccccc2)C(=O)NC2CCCC2)S(C)(=O)=O)c1. The molecule has 0 heterocycles. The lowest BCUT2D eigenvalue weighted by Crippen LogP contribution is -2.52. The molecule has 0 aliphatic heterocycles. The molecule has 1 unspecified atom stereocenters. The van der Waals surface area contributed by atoms with Crippen LogP contribution in [0, 0.1) is 0 Å². The predicted octanol–water partition coefficient (Wildman–Crippen LogP) is 5.70. The Bertz CT molecular complexity index is 1460. The van der Waals surface area contributed by atoms with E-state index < -0.39 is 16.1 Å². The Balaban J connectivity index is 1.58. The molecule has 0 radical (unpaired) electrons. The molecule has 0 spiro atoms. The Labute approximate surface area is 263 Å². The first-order chi connectivity index (χ1) is 20.6. The van der Waals surface area contributed by atoms with Crippen molar-refractivity contribution in [2.24, 2.45) is 0 Å². The molecule has 1 aliphatic rings. The van der Waals surface area contributed by atoms with E-state index in [1.807, 2.05) is 54.6 Å². The number of nitrogens with one attached hydrogen (secondary N) is 1. The average molecular weight is 671 g/mol. The molecule has 0 bridgehead atoms. The van der Waals surface area contributed by atoms with E-state index in [0.717, 1.165) is 47.5 Å². The molecule has 4 rings (SSSR count). The van der Waals surface area contributed by atoms with Crippen molar-refractivity contribution in [3.05, 3.63) is 94.5 Å². The number of hydrogen-bond donors (Lipinski definition) is 1. The van der Waals surface area contributed by atoms with Crippen molar-refractivity contribution >= 4 is 43.5 Å². The van der Waals surface area contributed by atoms with Crippen LogP contribution in [0.2, 0.25) is 0 Å². The minimum atomic E-state index is -3.61. The smallest absolute Gasteiger partial charge is 0.243 e. The molecular weight excluding hydrogens is 630 g/mol. The highest BCUT2D eigenvalue weighted by Gasteiger charge is 2.32. The Hall–Kier alpha value is -3.37. The number of anilines is 1. The number of carbonyl (C=O) groups excluding carboxylic acids is 2. The van der Waals surface area contributed by atoms with Gasteiger partial charge in [-0.15, -0.1) is 0 Å². The van der Waals surface area contributed by atoms with Crippen LogP contribution in [0.1, 0.15) is 49.7 Å². The Kier molecular flexibility index (Phi) is 11.6. The van der Waals surface area contributed by atoms with Crippen LogP contribution in [-0.4, -0.2) is 57.1 Å². The maximum atomic E-state index is 14.0. The normalized spacial score (nSPS) is 14.2. The van der Waals surface area contributed by atoms with E-state index in [-0.39, 0.29) is 43.8 Å². The fourth-order valence-electron chi connectivity index (χ4n) is 5.48. The quantitative estimate of drug-likeness (QED) is 0.238. The molecule has 1 aliphatic carbocycles. The van der Waals surface area contributed by atoms with Crippen molar-refractivity contribution < 1.29 is 22.7 Å². The highest BCUT2D eigenvalue weighted by molar-refractivity contribution is 9.10. The van der Waals surface area contributed by atoms with Gasteiger partial charge in [0.25, 0.3) is 0 Å². The van der Waals surface area contributed by atoms with Crippen molar-refractivity contribution in [1.82, 2.24) is 10.2 Å². The second kappa shape index (κ2) is 15.4. The second-order valence-corrected chi connectivity index (χ2v) is 13.8. The Morgan fingerprint density at radius 2 is 1.67 bits per heavy atom. The van der Waals surface area contributed by atoms with Crippen LogP contribution in [0.3, 0.4) is 0 Å². The molecule has 1 N–H and O–H groups in total. The third kappa shape index (κ3) is 9.56. The van der Waals surface area contributed by atoms with Gasteiger partial charge in [-0.1, -0.05) is 77.3 Å². The van der Waals surface area contributed by atoms with Crippen molar-refractivity contribution in [3.8, 4) is 5.75 Å². The molecule has 43 heavy (non-hydrogen) atoms. The summed E-state index contributed by atoms with van der Waals surface area (Å²) in [6, 6.07) is 23.7. The zero-order valence-electron chi connectivity index (χ0n) is 24.7. The molecule has 0 saturated heterocycles. The summed E-state index contributed by atoms with van der Waals surface area (Å²) in [7, 11) is -2.09. The minimum Gasteiger partial charge on any atom is -0.497 e. The molecule has 1 fully saturated rings. The van der Waals surface area contributed by atoms with Gasteiger partial charge >= 0.3 is 0 Å². The number of ether oxygens (including phenoxy) is 1. The van der Waals surface area contributed by atoms with Crippen molar-refractivity contribution in [2.75, 3.05) is 24.2 Å². The number of halogens is 1. The van der Waals surface area contributed by atoms with Crippen LogP contribution in [0.5, 0.6) is 5.75 Å². The number of nitrogens with zero attached hydrogens (tertiary/aromatic N) is 2. The second-order valence-electron chi connectivity index (χ2n) is 11.0. The number of amides is 2. The van der Waals surface area contributed by atoms with E-state index in [4.69, 9.17) is 4.74 Å². The van der Waals surface area contributed by atoms with Gasteiger partial charge in [0, 0.05) is 42.5 Å². The average Bonchev–Trinajstić information content (AvgIpc) is 3.51. The summed E-state index contributed by atoms with van der Waals surface area (Å²) in [4.78, 5) is 29.5. The molecule has 1 saturated carbocycles. The summed E-state index contributed by atoms with van der Waals surface area (Å²) >= 11 is 3.47. The van der Waals surface area contributed by atoms with Crippen LogP contribution in [-0.2, 0) is 32.6 Å². The molecule has 2 amide bonds. The van der Waals surface area contributed by atoms with Gasteiger partial charge in [-0.05, 0) is 54.7 Å². The highest BCUT2D eigenvalue weighted by atomic mass is 79.9. The lowest BCUT2D eigenvalue weighted by atomic mass is 10.0. The lowest BCUT2D eigenvalue weighted by molar-refractivity contribution is -0.141. The molecule has 3 aromatic carbocycles. The van der Waals surface area contributed by atoms with E-state index in [0.29, 0.717) is 17.9 Å². The summed E-state index contributed by atoms with van der Waals surface area (Å²) in [5.74, 6) is 0.180. The Morgan fingerprint density at radius 1 is 0.977 bits per heavy atom. The van der Waals surface area contributed by atoms with Gasteiger partial charge in [-0.25, -0.2) is 8.42 Å². The van der Waals surface area contributed by atoms with Crippen molar-refractivity contribution in [3.63, 3.8) is 0 Å². The third-order valence-corrected chi connectivity index (χ3v) is 9.46.